The summed E-state index contributed by atoms with van der Waals surface area (Å²) in [4.78, 5) is 4.13. The van der Waals surface area contributed by atoms with E-state index in [4.69, 9.17) is 5.73 Å². The van der Waals surface area contributed by atoms with Gasteiger partial charge in [-0.15, -0.1) is 0 Å². The average molecular weight is 291 g/mol. The van der Waals surface area contributed by atoms with Crippen LogP contribution in [0.4, 0.5) is 13.9 Å². The highest BCUT2D eigenvalue weighted by Crippen LogP contribution is 2.34. The molecule has 15 heavy (non-hydrogen) atoms. The first-order valence-electron chi connectivity index (χ1n) is 3.95. The molecule has 0 amide bonds. The van der Waals surface area contributed by atoms with Crippen LogP contribution in [0.3, 0.4) is 0 Å². The van der Waals surface area contributed by atoms with Crippen molar-refractivity contribution in [1.29, 1.82) is 0 Å². The van der Waals surface area contributed by atoms with Crippen molar-refractivity contribution < 1.29 is 8.78 Å². The minimum absolute atomic E-state index is 0.0985. The number of nitrogen functional groups attached to an aromatic ring is 1. The lowest BCUT2D eigenvalue weighted by molar-refractivity contribution is 0.586. The van der Waals surface area contributed by atoms with Gasteiger partial charge in [0.1, 0.15) is 11.6 Å². The molecule has 0 bridgehead atoms. The summed E-state index contributed by atoms with van der Waals surface area (Å²) in [7, 11) is 0. The van der Waals surface area contributed by atoms with Gasteiger partial charge in [-0.25, -0.2) is 13.8 Å². The summed E-state index contributed by atoms with van der Waals surface area (Å²) in [5.74, 6) is -1.27. The zero-order valence-electron chi connectivity index (χ0n) is 7.30. The van der Waals surface area contributed by atoms with E-state index in [0.717, 1.165) is 11.3 Å². The molecule has 0 aliphatic rings. The maximum Gasteiger partial charge on any atom is 0.180 e. The molecular formula is C9H5BrF2N2S. The first kappa shape index (κ1) is 10.5. The molecule has 2 N–H and O–H groups in total. The molecule has 0 aliphatic heterocycles. The van der Waals surface area contributed by atoms with E-state index < -0.39 is 11.6 Å². The van der Waals surface area contributed by atoms with Crippen molar-refractivity contribution in [2.75, 3.05) is 5.73 Å². The van der Waals surface area contributed by atoms with Gasteiger partial charge in [-0.1, -0.05) is 11.3 Å². The molecule has 0 atom stereocenters. The zero-order valence-corrected chi connectivity index (χ0v) is 9.70. The fourth-order valence-corrected chi connectivity index (χ4v) is 2.21. The molecule has 1 heterocycles. The van der Waals surface area contributed by atoms with Crippen LogP contribution in [0.5, 0.6) is 0 Å². The summed E-state index contributed by atoms with van der Waals surface area (Å²) in [5, 5.41) is 0.281. The fourth-order valence-electron chi connectivity index (χ4n) is 1.16. The van der Waals surface area contributed by atoms with Crippen molar-refractivity contribution in [2.45, 2.75) is 0 Å². The Kier molecular flexibility index (Phi) is 2.70. The van der Waals surface area contributed by atoms with Gasteiger partial charge in [0, 0.05) is 6.20 Å². The Morgan fingerprint density at radius 3 is 2.67 bits per heavy atom. The second kappa shape index (κ2) is 3.86. The van der Waals surface area contributed by atoms with Gasteiger partial charge in [-0.05, 0) is 28.1 Å². The highest BCUT2D eigenvalue weighted by molar-refractivity contribution is 9.10. The molecule has 78 valence electrons. The second-order valence-electron chi connectivity index (χ2n) is 2.78. The Balaban J connectivity index is 2.66. The van der Waals surface area contributed by atoms with Gasteiger partial charge in [0.15, 0.2) is 5.13 Å². The number of benzene rings is 1. The summed E-state index contributed by atoms with van der Waals surface area (Å²) in [6, 6.07) is 2.51. The standard InChI is InChI=1S/C9H5BrF2N2S/c10-4-1-2-5(11)7(8(4)12)6-3-14-9(13)15-6/h1-3H,(H2,13,14). The largest absolute Gasteiger partial charge is 0.375 e. The van der Waals surface area contributed by atoms with Crippen LogP contribution in [-0.2, 0) is 0 Å². The van der Waals surface area contributed by atoms with Crippen molar-refractivity contribution in [3.63, 3.8) is 0 Å². The molecule has 6 heteroatoms. The molecule has 1 aromatic carbocycles. The third-order valence-electron chi connectivity index (χ3n) is 1.81. The molecule has 0 saturated carbocycles. The van der Waals surface area contributed by atoms with E-state index in [-0.39, 0.29) is 15.2 Å². The summed E-state index contributed by atoms with van der Waals surface area (Å²) in [6.07, 6.45) is 1.36. The van der Waals surface area contributed by atoms with Gasteiger partial charge in [-0.3, -0.25) is 0 Å². The molecule has 2 rings (SSSR count). The highest BCUT2D eigenvalue weighted by atomic mass is 79.9. The topological polar surface area (TPSA) is 38.9 Å². The SMILES string of the molecule is Nc1ncc(-c2c(F)ccc(Br)c2F)s1. The summed E-state index contributed by atoms with van der Waals surface area (Å²) in [6.45, 7) is 0. The molecular weight excluding hydrogens is 286 g/mol. The smallest absolute Gasteiger partial charge is 0.180 e. The monoisotopic (exact) mass is 290 g/mol. The zero-order chi connectivity index (χ0) is 11.0. The van der Waals surface area contributed by atoms with Crippen molar-refractivity contribution in [2.24, 2.45) is 0 Å². The average Bonchev–Trinajstić information content (AvgIpc) is 2.59. The number of hydrogen-bond acceptors (Lipinski definition) is 3. The van der Waals surface area contributed by atoms with Crippen molar-refractivity contribution in [3.8, 4) is 10.4 Å². The number of nitrogens with zero attached hydrogens (tertiary/aromatic N) is 1. The molecule has 0 fully saturated rings. The Labute approximate surface area is 96.9 Å². The normalized spacial score (nSPS) is 10.6. The Hall–Kier alpha value is -1.01. The van der Waals surface area contributed by atoms with Gasteiger partial charge >= 0.3 is 0 Å². The third-order valence-corrected chi connectivity index (χ3v) is 3.27. The van der Waals surface area contributed by atoms with E-state index in [0.29, 0.717) is 4.88 Å². The van der Waals surface area contributed by atoms with Crippen LogP contribution in [0.2, 0.25) is 0 Å². The van der Waals surface area contributed by atoms with Gasteiger partial charge in [0.25, 0.3) is 0 Å². The van der Waals surface area contributed by atoms with Gasteiger partial charge < -0.3 is 5.73 Å². The Morgan fingerprint density at radius 2 is 2.07 bits per heavy atom. The van der Waals surface area contributed by atoms with E-state index in [2.05, 4.69) is 20.9 Å². The molecule has 0 saturated heterocycles. The predicted octanol–water partition coefficient (Wildman–Crippen LogP) is 3.43. The highest BCUT2D eigenvalue weighted by Gasteiger charge is 2.16. The predicted molar refractivity (Wildman–Crippen MR) is 59.6 cm³/mol. The molecule has 2 aromatic rings. The van der Waals surface area contributed by atoms with E-state index in [9.17, 15) is 8.78 Å². The third kappa shape index (κ3) is 1.87. The number of halogens is 3. The van der Waals surface area contributed by atoms with E-state index in [1.807, 2.05) is 0 Å². The molecule has 0 spiro atoms. The maximum absolute atomic E-state index is 13.6. The van der Waals surface area contributed by atoms with Crippen LogP contribution in [0.25, 0.3) is 10.4 Å². The Morgan fingerprint density at radius 1 is 1.33 bits per heavy atom. The van der Waals surface area contributed by atoms with Crippen LogP contribution >= 0.6 is 27.3 Å². The fraction of sp³-hybridized carbons (Fsp3) is 0. The first-order valence-corrected chi connectivity index (χ1v) is 5.55. The number of rotatable bonds is 1. The Bertz CT molecular complexity index is 513. The summed E-state index contributed by atoms with van der Waals surface area (Å²) >= 11 is 4.04. The molecule has 1 aromatic heterocycles. The number of nitrogens with two attached hydrogens (primary N) is 1. The summed E-state index contributed by atoms with van der Waals surface area (Å²) in [5.41, 5.74) is 5.31. The lowest BCUT2D eigenvalue weighted by Crippen LogP contribution is -1.88. The number of hydrogen-bond donors (Lipinski definition) is 1. The lowest BCUT2D eigenvalue weighted by Gasteiger charge is -2.02. The lowest BCUT2D eigenvalue weighted by atomic mass is 10.2. The van der Waals surface area contributed by atoms with Crippen LogP contribution in [0.1, 0.15) is 0 Å². The van der Waals surface area contributed by atoms with Crippen LogP contribution < -0.4 is 5.73 Å². The quantitative estimate of drug-likeness (QED) is 0.817. The van der Waals surface area contributed by atoms with E-state index >= 15 is 0 Å². The first-order chi connectivity index (χ1) is 7.09. The van der Waals surface area contributed by atoms with Gasteiger partial charge in [0.05, 0.1) is 14.9 Å². The van der Waals surface area contributed by atoms with E-state index in [1.54, 1.807) is 0 Å². The number of anilines is 1. The van der Waals surface area contributed by atoms with Crippen LogP contribution in [0, 0.1) is 11.6 Å². The minimum Gasteiger partial charge on any atom is -0.375 e. The van der Waals surface area contributed by atoms with Crippen LogP contribution in [0.15, 0.2) is 22.8 Å². The van der Waals surface area contributed by atoms with Crippen molar-refractivity contribution >= 4 is 32.4 Å². The minimum atomic E-state index is -0.640. The van der Waals surface area contributed by atoms with Crippen LogP contribution in [-0.4, -0.2) is 4.98 Å². The molecule has 0 unspecified atom stereocenters. The summed E-state index contributed by atoms with van der Waals surface area (Å²) < 4.78 is 27.2. The maximum atomic E-state index is 13.6. The second-order valence-corrected chi connectivity index (χ2v) is 4.70. The van der Waals surface area contributed by atoms with E-state index in [1.165, 1.54) is 18.3 Å². The number of thiazole rings is 1. The van der Waals surface area contributed by atoms with Gasteiger partial charge in [-0.2, -0.15) is 0 Å². The molecule has 0 radical (unpaired) electrons. The molecule has 0 aliphatic carbocycles. The molecule has 2 nitrogen and oxygen atoms in total. The number of aromatic nitrogens is 1. The van der Waals surface area contributed by atoms with Gasteiger partial charge in [0.2, 0.25) is 0 Å². The van der Waals surface area contributed by atoms with Crippen molar-refractivity contribution in [1.82, 2.24) is 4.98 Å². The van der Waals surface area contributed by atoms with Crippen molar-refractivity contribution in [3.05, 3.63) is 34.4 Å².